The maximum absolute atomic E-state index is 6.58. The third-order valence-corrected chi connectivity index (χ3v) is 12.3. The van der Waals surface area contributed by atoms with E-state index in [1.54, 1.807) is 0 Å². The first-order valence-electron chi connectivity index (χ1n) is 20.6. The van der Waals surface area contributed by atoms with E-state index in [1.165, 1.54) is 16.3 Å². The number of hydrogen-bond donors (Lipinski definition) is 0. The average Bonchev–Trinajstić information content (AvgIpc) is 4.02. The summed E-state index contributed by atoms with van der Waals surface area (Å²) in [5.41, 5.74) is 12.3. The lowest BCUT2D eigenvalue weighted by Crippen LogP contribution is -2.13. The normalized spacial score (nSPS) is 14.7. The highest BCUT2D eigenvalue weighted by atomic mass is 16.5. The van der Waals surface area contributed by atoms with E-state index in [4.69, 9.17) is 28.5 Å². The monoisotopic (exact) mass is 783 g/mol. The Morgan fingerprint density at radius 3 is 2.05 bits per heavy atom. The van der Waals surface area contributed by atoms with Gasteiger partial charge in [0.2, 0.25) is 0 Å². The van der Waals surface area contributed by atoms with Crippen LogP contribution in [0.15, 0.2) is 191 Å². The summed E-state index contributed by atoms with van der Waals surface area (Å²) in [5, 5.41) is 6.42. The molecule has 2 aliphatic rings. The van der Waals surface area contributed by atoms with Crippen molar-refractivity contribution in [2.45, 2.75) is 12.5 Å². The summed E-state index contributed by atoms with van der Waals surface area (Å²) >= 11 is 0. The SMILES string of the molecule is C1=C(c2ccc3oc4ccccc4c3c2-c2nc(-c3ccc(-c4ccc5ccccc5c4)cc3)nc(-c3cccc4c3oc3ccccc34)n2)C=C2c3ccccc3OC2C1. The quantitative estimate of drug-likeness (QED) is 0.173. The third kappa shape index (κ3) is 5.39. The lowest BCUT2D eigenvalue weighted by atomic mass is 9.87. The molecule has 3 aromatic heterocycles. The summed E-state index contributed by atoms with van der Waals surface area (Å²) in [7, 11) is 0. The molecule has 11 aromatic rings. The van der Waals surface area contributed by atoms with Crippen molar-refractivity contribution >= 4 is 65.8 Å². The molecular weight excluding hydrogens is 751 g/mol. The standard InChI is InChI=1S/C55H33N3O3/c1-2-11-35-30-36(25-22-32(35)10-1)33-20-23-34(24-21-33)53-56-54(43-16-9-15-41-39-12-3-7-18-46(39)61-52(41)43)58-55(57-53)51-38(27-29-49-50(51)42-14-5-8-19-47(42)60-49)37-26-28-48-44(31-37)40-13-4-6-17-45(40)59-48/h1-27,29-31,48H,28H2. The van der Waals surface area contributed by atoms with Gasteiger partial charge in [-0.3, -0.25) is 0 Å². The number of ether oxygens (including phenoxy) is 1. The van der Waals surface area contributed by atoms with E-state index < -0.39 is 0 Å². The fourth-order valence-electron chi connectivity index (χ4n) is 9.32. The molecule has 0 saturated heterocycles. The van der Waals surface area contributed by atoms with Gasteiger partial charge < -0.3 is 13.6 Å². The number of benzene rings is 8. The van der Waals surface area contributed by atoms with Crippen molar-refractivity contribution in [1.82, 2.24) is 15.0 Å². The number of allylic oxidation sites excluding steroid dienone is 2. The van der Waals surface area contributed by atoms with Gasteiger partial charge in [-0.15, -0.1) is 0 Å². The van der Waals surface area contributed by atoms with Crippen molar-refractivity contribution in [3.63, 3.8) is 0 Å². The van der Waals surface area contributed by atoms with Crippen LogP contribution in [0.4, 0.5) is 0 Å². The van der Waals surface area contributed by atoms with Gasteiger partial charge in [0.05, 0.1) is 5.56 Å². The minimum Gasteiger partial charge on any atom is -0.485 e. The molecule has 0 radical (unpaired) electrons. The van der Waals surface area contributed by atoms with Crippen molar-refractivity contribution in [2.75, 3.05) is 0 Å². The predicted molar refractivity (Wildman–Crippen MR) is 245 cm³/mol. The Morgan fingerprint density at radius 1 is 0.459 bits per heavy atom. The van der Waals surface area contributed by atoms with Crippen molar-refractivity contribution in [3.05, 3.63) is 193 Å². The molecule has 0 N–H and O–H groups in total. The van der Waals surface area contributed by atoms with Gasteiger partial charge in [-0.05, 0) is 81.6 Å². The molecule has 0 amide bonds. The molecule has 6 heteroatoms. The van der Waals surface area contributed by atoms with Crippen LogP contribution in [0.2, 0.25) is 0 Å². The molecule has 1 atom stereocenters. The van der Waals surface area contributed by atoms with E-state index in [0.29, 0.717) is 17.5 Å². The van der Waals surface area contributed by atoms with Gasteiger partial charge in [-0.2, -0.15) is 0 Å². The maximum Gasteiger partial charge on any atom is 0.167 e. The number of furan rings is 2. The molecule has 4 heterocycles. The number of para-hydroxylation sites is 4. The second-order valence-corrected chi connectivity index (χ2v) is 15.8. The number of hydrogen-bond acceptors (Lipinski definition) is 6. The van der Waals surface area contributed by atoms with Crippen LogP contribution in [0, 0.1) is 0 Å². The second-order valence-electron chi connectivity index (χ2n) is 15.8. The highest BCUT2D eigenvalue weighted by molar-refractivity contribution is 6.15. The average molecular weight is 784 g/mol. The summed E-state index contributed by atoms with van der Waals surface area (Å²) in [6.07, 6.45) is 5.26. The highest BCUT2D eigenvalue weighted by Crippen LogP contribution is 2.47. The van der Waals surface area contributed by atoms with E-state index in [9.17, 15) is 0 Å². The van der Waals surface area contributed by atoms with Crippen LogP contribution in [-0.2, 0) is 0 Å². The molecule has 61 heavy (non-hydrogen) atoms. The van der Waals surface area contributed by atoms with Gasteiger partial charge in [-0.1, -0.05) is 133 Å². The zero-order chi connectivity index (χ0) is 40.0. The van der Waals surface area contributed by atoms with Gasteiger partial charge in [0.15, 0.2) is 17.5 Å². The van der Waals surface area contributed by atoms with Crippen molar-refractivity contribution < 1.29 is 13.6 Å². The van der Waals surface area contributed by atoms with E-state index in [2.05, 4.69) is 127 Å². The highest BCUT2D eigenvalue weighted by Gasteiger charge is 2.31. The molecule has 0 saturated carbocycles. The number of aromatic nitrogens is 3. The summed E-state index contributed by atoms with van der Waals surface area (Å²) in [4.78, 5) is 16.1. The molecule has 1 aliphatic carbocycles. The Morgan fingerprint density at radius 2 is 1.15 bits per heavy atom. The molecule has 6 nitrogen and oxygen atoms in total. The van der Waals surface area contributed by atoms with E-state index >= 15 is 0 Å². The first kappa shape index (κ1) is 33.8. The minimum atomic E-state index is -0.0275. The molecule has 1 unspecified atom stereocenters. The molecule has 13 rings (SSSR count). The summed E-state index contributed by atoms with van der Waals surface area (Å²) < 4.78 is 19.5. The fraction of sp³-hybridized carbons (Fsp3) is 0.0364. The van der Waals surface area contributed by atoms with Crippen LogP contribution >= 0.6 is 0 Å². The van der Waals surface area contributed by atoms with E-state index in [-0.39, 0.29) is 6.10 Å². The summed E-state index contributed by atoms with van der Waals surface area (Å²) in [6.45, 7) is 0. The van der Waals surface area contributed by atoms with Gasteiger partial charge in [0, 0.05) is 50.2 Å². The summed E-state index contributed by atoms with van der Waals surface area (Å²) in [6, 6.07) is 58.6. The second kappa shape index (κ2) is 13.2. The van der Waals surface area contributed by atoms with Crippen LogP contribution in [0.5, 0.6) is 5.75 Å². The number of rotatable bonds is 5. The Balaban J connectivity index is 1.05. The van der Waals surface area contributed by atoms with Crippen molar-refractivity contribution in [2.24, 2.45) is 0 Å². The Hall–Kier alpha value is -8.09. The molecular formula is C55H33N3O3. The third-order valence-electron chi connectivity index (χ3n) is 12.3. The molecule has 286 valence electrons. The van der Waals surface area contributed by atoms with Crippen molar-refractivity contribution in [1.29, 1.82) is 0 Å². The molecule has 1 aliphatic heterocycles. The van der Waals surface area contributed by atoms with Crippen LogP contribution in [0.25, 0.3) is 111 Å². The van der Waals surface area contributed by atoms with Crippen LogP contribution in [-0.4, -0.2) is 21.1 Å². The smallest absolute Gasteiger partial charge is 0.167 e. The van der Waals surface area contributed by atoms with Crippen LogP contribution in [0.1, 0.15) is 17.5 Å². The molecule has 8 aromatic carbocycles. The van der Waals surface area contributed by atoms with Gasteiger partial charge in [0.25, 0.3) is 0 Å². The Kier molecular flexibility index (Phi) is 7.33. The predicted octanol–water partition coefficient (Wildman–Crippen LogP) is 14.1. The van der Waals surface area contributed by atoms with Crippen molar-refractivity contribution in [3.8, 4) is 51.0 Å². The van der Waals surface area contributed by atoms with Crippen LogP contribution < -0.4 is 4.74 Å². The zero-order valence-electron chi connectivity index (χ0n) is 32.7. The van der Waals surface area contributed by atoms with E-state index in [0.717, 1.165) is 101 Å². The van der Waals surface area contributed by atoms with Gasteiger partial charge >= 0.3 is 0 Å². The molecule has 0 spiro atoms. The summed E-state index contributed by atoms with van der Waals surface area (Å²) in [5.74, 6) is 2.54. The largest absolute Gasteiger partial charge is 0.485 e. The number of fused-ring (bicyclic) bond motifs is 10. The first-order valence-corrected chi connectivity index (χ1v) is 20.6. The fourth-order valence-corrected chi connectivity index (χ4v) is 9.32. The van der Waals surface area contributed by atoms with Gasteiger partial charge in [-0.25, -0.2) is 15.0 Å². The lowest BCUT2D eigenvalue weighted by Gasteiger charge is -2.19. The first-order chi connectivity index (χ1) is 30.2. The maximum atomic E-state index is 6.58. The Bertz CT molecular complexity index is 3670. The lowest BCUT2D eigenvalue weighted by molar-refractivity contribution is 0.279. The molecule has 0 fully saturated rings. The van der Waals surface area contributed by atoms with Crippen LogP contribution in [0.3, 0.4) is 0 Å². The van der Waals surface area contributed by atoms with Gasteiger partial charge in [0.1, 0.15) is 34.2 Å². The minimum absolute atomic E-state index is 0.0275. The molecule has 0 bridgehead atoms. The zero-order valence-corrected chi connectivity index (χ0v) is 32.7. The van der Waals surface area contributed by atoms with E-state index in [1.807, 2.05) is 54.6 Å². The number of nitrogens with zero attached hydrogens (tertiary/aromatic N) is 3. The Labute approximate surface area is 349 Å². The topological polar surface area (TPSA) is 74.2 Å².